The van der Waals surface area contributed by atoms with Gasteiger partial charge >= 0.3 is 6.36 Å². The highest BCUT2D eigenvalue weighted by molar-refractivity contribution is 5.96. The molecule has 0 saturated heterocycles. The Morgan fingerprint density at radius 2 is 2.16 bits per heavy atom. The van der Waals surface area contributed by atoms with Crippen molar-refractivity contribution in [3.63, 3.8) is 0 Å². The van der Waals surface area contributed by atoms with Crippen molar-refractivity contribution in [1.29, 1.82) is 0 Å². The molecule has 0 aliphatic rings. The first kappa shape index (κ1) is 15.0. The van der Waals surface area contributed by atoms with Crippen molar-refractivity contribution in [2.24, 2.45) is 10.9 Å². The van der Waals surface area contributed by atoms with E-state index >= 15 is 0 Å². The van der Waals surface area contributed by atoms with Gasteiger partial charge in [-0.1, -0.05) is 5.16 Å². The third-order valence-electron chi connectivity index (χ3n) is 2.36. The molecular weight excluding hydrogens is 267 g/mol. The third kappa shape index (κ3) is 3.98. The first-order chi connectivity index (χ1) is 8.76. The SMILES string of the molecule is Cc1ccc(/C(N)=N/O)c(=O)n1CCOC(F)(F)F. The van der Waals surface area contributed by atoms with Crippen LogP contribution in [-0.2, 0) is 11.3 Å². The summed E-state index contributed by atoms with van der Waals surface area (Å²) < 4.78 is 40.2. The van der Waals surface area contributed by atoms with Crippen molar-refractivity contribution in [2.45, 2.75) is 19.8 Å². The van der Waals surface area contributed by atoms with Gasteiger partial charge in [0.05, 0.1) is 12.2 Å². The van der Waals surface area contributed by atoms with Gasteiger partial charge in [-0.3, -0.25) is 9.53 Å². The van der Waals surface area contributed by atoms with Crippen molar-refractivity contribution >= 4 is 5.84 Å². The Hall–Kier alpha value is -2.03. The predicted molar refractivity (Wildman–Crippen MR) is 60.0 cm³/mol. The number of nitrogens with two attached hydrogens (primary N) is 1. The maximum absolute atomic E-state index is 11.9. The number of hydrogen-bond donors (Lipinski definition) is 2. The number of alkyl halides is 3. The normalized spacial score (nSPS) is 12.7. The molecule has 3 N–H and O–H groups in total. The van der Waals surface area contributed by atoms with E-state index in [0.717, 1.165) is 4.57 Å². The summed E-state index contributed by atoms with van der Waals surface area (Å²) in [5.74, 6) is -0.407. The molecule has 1 aromatic rings. The summed E-state index contributed by atoms with van der Waals surface area (Å²) in [5, 5.41) is 11.2. The summed E-state index contributed by atoms with van der Waals surface area (Å²) in [6.07, 6.45) is -4.75. The Morgan fingerprint density at radius 1 is 1.53 bits per heavy atom. The molecule has 0 aromatic carbocycles. The molecule has 9 heteroatoms. The zero-order valence-corrected chi connectivity index (χ0v) is 9.94. The maximum atomic E-state index is 11.9. The van der Waals surface area contributed by atoms with Crippen LogP contribution in [0.25, 0.3) is 0 Å². The average Bonchev–Trinajstić information content (AvgIpc) is 2.31. The molecule has 6 nitrogen and oxygen atoms in total. The molecule has 0 radical (unpaired) electrons. The van der Waals surface area contributed by atoms with Gasteiger partial charge < -0.3 is 15.5 Å². The average molecular weight is 279 g/mol. The van der Waals surface area contributed by atoms with Gasteiger partial charge in [0.25, 0.3) is 5.56 Å². The van der Waals surface area contributed by atoms with Crippen LogP contribution >= 0.6 is 0 Å². The lowest BCUT2D eigenvalue weighted by Gasteiger charge is -2.12. The van der Waals surface area contributed by atoms with Gasteiger partial charge in [-0.2, -0.15) is 0 Å². The van der Waals surface area contributed by atoms with Gasteiger partial charge in [0.1, 0.15) is 0 Å². The van der Waals surface area contributed by atoms with Crippen molar-refractivity contribution < 1.29 is 23.1 Å². The number of ether oxygens (including phenoxy) is 1. The topological polar surface area (TPSA) is 89.8 Å². The monoisotopic (exact) mass is 279 g/mol. The highest BCUT2D eigenvalue weighted by Crippen LogP contribution is 2.15. The molecule has 19 heavy (non-hydrogen) atoms. The minimum Gasteiger partial charge on any atom is -0.409 e. The van der Waals surface area contributed by atoms with Crippen LogP contribution in [0.4, 0.5) is 13.2 Å². The number of oxime groups is 1. The molecule has 0 amide bonds. The van der Waals surface area contributed by atoms with Crippen LogP contribution in [0.2, 0.25) is 0 Å². The van der Waals surface area contributed by atoms with E-state index in [4.69, 9.17) is 10.9 Å². The second-order valence-electron chi connectivity index (χ2n) is 3.62. The van der Waals surface area contributed by atoms with Crippen LogP contribution in [0.3, 0.4) is 0 Å². The van der Waals surface area contributed by atoms with Crippen LogP contribution < -0.4 is 11.3 Å². The van der Waals surface area contributed by atoms with Gasteiger partial charge in [0, 0.05) is 12.2 Å². The van der Waals surface area contributed by atoms with E-state index in [2.05, 4.69) is 9.89 Å². The number of amidine groups is 1. The zero-order valence-electron chi connectivity index (χ0n) is 9.94. The Kier molecular flexibility index (Phi) is 4.54. The Balaban J connectivity index is 2.98. The summed E-state index contributed by atoms with van der Waals surface area (Å²) in [6.45, 7) is 0.547. The zero-order chi connectivity index (χ0) is 14.6. The summed E-state index contributed by atoms with van der Waals surface area (Å²) in [7, 11) is 0. The third-order valence-corrected chi connectivity index (χ3v) is 2.36. The maximum Gasteiger partial charge on any atom is 0.522 e. The second kappa shape index (κ2) is 5.74. The van der Waals surface area contributed by atoms with Crippen LogP contribution in [0, 0.1) is 6.92 Å². The molecule has 106 valence electrons. The lowest BCUT2D eigenvalue weighted by molar-refractivity contribution is -0.325. The fourth-order valence-electron chi connectivity index (χ4n) is 1.45. The lowest BCUT2D eigenvalue weighted by atomic mass is 10.2. The molecule has 0 atom stereocenters. The summed E-state index contributed by atoms with van der Waals surface area (Å²) in [5.41, 5.74) is 4.97. The quantitative estimate of drug-likeness (QED) is 0.369. The molecule has 0 unspecified atom stereocenters. The van der Waals surface area contributed by atoms with Gasteiger partial charge in [-0.05, 0) is 19.1 Å². The number of nitrogens with zero attached hydrogens (tertiary/aromatic N) is 2. The molecule has 0 fully saturated rings. The lowest BCUT2D eigenvalue weighted by Crippen LogP contribution is -2.32. The van der Waals surface area contributed by atoms with Crippen LogP contribution in [0.15, 0.2) is 22.1 Å². The Labute approximate surface area is 105 Å². The summed E-state index contributed by atoms with van der Waals surface area (Å²) >= 11 is 0. The number of aromatic nitrogens is 1. The standard InChI is InChI=1S/C10H12F3N3O3/c1-6-2-3-7(8(14)15-18)9(17)16(6)4-5-19-10(11,12)13/h2-3,18H,4-5H2,1H3,(H2,14,15). The fraction of sp³-hybridized carbons (Fsp3) is 0.400. The van der Waals surface area contributed by atoms with E-state index in [0.29, 0.717) is 5.69 Å². The molecule has 1 aromatic heterocycles. The first-order valence-electron chi connectivity index (χ1n) is 5.15. The molecule has 0 saturated carbocycles. The largest absolute Gasteiger partial charge is 0.522 e. The second-order valence-corrected chi connectivity index (χ2v) is 3.62. The van der Waals surface area contributed by atoms with Crippen molar-refractivity contribution in [3.8, 4) is 0 Å². The number of aryl methyl sites for hydroxylation is 1. The molecule has 0 spiro atoms. The Morgan fingerprint density at radius 3 is 2.68 bits per heavy atom. The number of rotatable bonds is 4. The minimum atomic E-state index is -4.75. The summed E-state index contributed by atoms with van der Waals surface area (Å²) in [6, 6.07) is 2.80. The van der Waals surface area contributed by atoms with Crippen molar-refractivity contribution in [3.05, 3.63) is 33.7 Å². The van der Waals surface area contributed by atoms with E-state index in [1.807, 2.05) is 0 Å². The van der Waals surface area contributed by atoms with Crippen LogP contribution in [0.5, 0.6) is 0 Å². The number of halogens is 3. The van der Waals surface area contributed by atoms with Crippen molar-refractivity contribution in [2.75, 3.05) is 6.61 Å². The summed E-state index contributed by atoms with van der Waals surface area (Å²) in [4.78, 5) is 11.9. The molecule has 0 bridgehead atoms. The highest BCUT2D eigenvalue weighted by Gasteiger charge is 2.28. The predicted octanol–water partition coefficient (Wildman–Crippen LogP) is 0.788. The van der Waals surface area contributed by atoms with E-state index in [9.17, 15) is 18.0 Å². The van der Waals surface area contributed by atoms with E-state index in [-0.39, 0.29) is 12.1 Å². The van der Waals surface area contributed by atoms with Gasteiger partial charge in [-0.15, -0.1) is 13.2 Å². The number of hydrogen-bond acceptors (Lipinski definition) is 4. The molecule has 0 aliphatic carbocycles. The fourth-order valence-corrected chi connectivity index (χ4v) is 1.45. The van der Waals surface area contributed by atoms with E-state index in [1.54, 1.807) is 6.92 Å². The van der Waals surface area contributed by atoms with Gasteiger partial charge in [-0.25, -0.2) is 0 Å². The Bertz CT molecular complexity index is 537. The molecule has 1 rings (SSSR count). The molecule has 1 heterocycles. The van der Waals surface area contributed by atoms with E-state index < -0.39 is 24.4 Å². The van der Waals surface area contributed by atoms with Crippen LogP contribution in [0.1, 0.15) is 11.3 Å². The smallest absolute Gasteiger partial charge is 0.409 e. The van der Waals surface area contributed by atoms with Crippen molar-refractivity contribution in [1.82, 2.24) is 4.57 Å². The minimum absolute atomic E-state index is 0.0971. The van der Waals surface area contributed by atoms with Crippen LogP contribution in [-0.4, -0.2) is 28.6 Å². The first-order valence-corrected chi connectivity index (χ1v) is 5.15. The van der Waals surface area contributed by atoms with Gasteiger partial charge in [0.2, 0.25) is 0 Å². The van der Waals surface area contributed by atoms with Gasteiger partial charge in [0.15, 0.2) is 5.84 Å². The number of pyridine rings is 1. The highest BCUT2D eigenvalue weighted by atomic mass is 19.4. The molecular formula is C10H12F3N3O3. The molecule has 0 aliphatic heterocycles. The van der Waals surface area contributed by atoms with E-state index in [1.165, 1.54) is 12.1 Å².